The van der Waals surface area contributed by atoms with Gasteiger partial charge in [0, 0.05) is 6.42 Å². The molecule has 1 nitrogen and oxygen atoms in total. The number of Topliss-reactive ketones (excluding diaryl/α,β-unsaturated/α-hetero) is 1. The van der Waals surface area contributed by atoms with Gasteiger partial charge in [-0.1, -0.05) is 6.07 Å². The van der Waals surface area contributed by atoms with Gasteiger partial charge in [0.25, 0.3) is 0 Å². The first-order valence-electron chi connectivity index (χ1n) is 3.95. The molecule has 0 spiro atoms. The molecule has 0 unspecified atom stereocenters. The highest BCUT2D eigenvalue weighted by atomic mass is 79.9. The van der Waals surface area contributed by atoms with Crippen molar-refractivity contribution in [1.29, 1.82) is 0 Å². The van der Waals surface area contributed by atoms with Crippen LogP contribution in [0.2, 0.25) is 0 Å². The van der Waals surface area contributed by atoms with Gasteiger partial charge < -0.3 is 0 Å². The molecule has 3 heteroatoms. The Bertz CT molecular complexity index is 347. The largest absolute Gasteiger partial charge is 0.300 e. The summed E-state index contributed by atoms with van der Waals surface area (Å²) in [6.07, 6.45) is 0.164. The molecule has 0 aromatic heterocycles. The third-order valence-corrected chi connectivity index (χ3v) is 2.47. The number of hydrogen-bond donors (Lipinski definition) is 0. The van der Waals surface area contributed by atoms with Crippen LogP contribution in [-0.2, 0) is 11.2 Å². The molecule has 0 bridgehead atoms. The van der Waals surface area contributed by atoms with Gasteiger partial charge >= 0.3 is 0 Å². The molecular formula is C10H10BrFO. The molecule has 0 N–H and O–H groups in total. The summed E-state index contributed by atoms with van der Waals surface area (Å²) in [5.74, 6) is -0.352. The molecule has 0 amide bonds. The van der Waals surface area contributed by atoms with Gasteiger partial charge in [-0.15, -0.1) is 0 Å². The van der Waals surface area contributed by atoms with E-state index in [1.54, 1.807) is 19.1 Å². The summed E-state index contributed by atoms with van der Waals surface area (Å²) >= 11 is 3.08. The zero-order valence-corrected chi connectivity index (χ0v) is 9.11. The summed E-state index contributed by atoms with van der Waals surface area (Å²) < 4.78 is 13.8. The fourth-order valence-electron chi connectivity index (χ4n) is 1.16. The van der Waals surface area contributed by atoms with Gasteiger partial charge in [-0.05, 0) is 47.0 Å². The van der Waals surface area contributed by atoms with E-state index in [0.29, 0.717) is 10.0 Å². The summed E-state index contributed by atoms with van der Waals surface area (Å²) in [5, 5.41) is 0. The van der Waals surface area contributed by atoms with Crippen molar-refractivity contribution < 1.29 is 9.18 Å². The minimum atomic E-state index is -0.324. The van der Waals surface area contributed by atoms with Gasteiger partial charge in [0.1, 0.15) is 11.6 Å². The third kappa shape index (κ3) is 2.37. The number of carbonyl (C=O) groups excluding carboxylic acids is 1. The summed E-state index contributed by atoms with van der Waals surface area (Å²) in [7, 11) is 0. The highest BCUT2D eigenvalue weighted by Crippen LogP contribution is 2.22. The maximum absolute atomic E-state index is 13.4. The van der Waals surface area contributed by atoms with Crippen molar-refractivity contribution in [3.05, 3.63) is 33.5 Å². The minimum Gasteiger partial charge on any atom is -0.300 e. The van der Waals surface area contributed by atoms with Crippen molar-refractivity contribution in [2.24, 2.45) is 0 Å². The van der Waals surface area contributed by atoms with Crippen LogP contribution >= 0.6 is 15.9 Å². The Morgan fingerprint density at radius 2 is 2.15 bits per heavy atom. The predicted molar refractivity (Wildman–Crippen MR) is 53.2 cm³/mol. The van der Waals surface area contributed by atoms with Gasteiger partial charge in [0.05, 0.1) is 4.47 Å². The molecule has 1 aromatic rings. The van der Waals surface area contributed by atoms with Crippen molar-refractivity contribution >= 4 is 21.7 Å². The van der Waals surface area contributed by atoms with E-state index >= 15 is 0 Å². The number of rotatable bonds is 2. The Morgan fingerprint density at radius 3 is 2.69 bits per heavy atom. The molecule has 13 heavy (non-hydrogen) atoms. The van der Waals surface area contributed by atoms with Crippen LogP contribution in [0.25, 0.3) is 0 Å². The topological polar surface area (TPSA) is 17.1 Å². The zero-order valence-electron chi connectivity index (χ0n) is 7.53. The van der Waals surface area contributed by atoms with Crippen LogP contribution in [-0.4, -0.2) is 5.78 Å². The molecule has 0 saturated heterocycles. The predicted octanol–water partition coefficient (Wildman–Crippen LogP) is 3.03. The lowest BCUT2D eigenvalue weighted by molar-refractivity contribution is -0.116. The smallest absolute Gasteiger partial charge is 0.141 e. The first kappa shape index (κ1) is 10.4. The van der Waals surface area contributed by atoms with Crippen molar-refractivity contribution in [2.75, 3.05) is 0 Å². The Hall–Kier alpha value is -0.700. The first-order chi connectivity index (χ1) is 6.02. The zero-order chi connectivity index (χ0) is 10.0. The SMILES string of the molecule is CC(=O)Cc1c(C)ccc(Br)c1F. The number of halogens is 2. The number of ketones is 1. The van der Waals surface area contributed by atoms with E-state index in [4.69, 9.17) is 0 Å². The molecule has 0 aliphatic carbocycles. The fraction of sp³-hybridized carbons (Fsp3) is 0.300. The van der Waals surface area contributed by atoms with E-state index < -0.39 is 0 Å². The van der Waals surface area contributed by atoms with Crippen LogP contribution in [0.1, 0.15) is 18.1 Å². The van der Waals surface area contributed by atoms with Crippen molar-refractivity contribution in [2.45, 2.75) is 20.3 Å². The molecule has 0 saturated carbocycles. The average molecular weight is 245 g/mol. The van der Waals surface area contributed by atoms with Crippen LogP contribution < -0.4 is 0 Å². The number of hydrogen-bond acceptors (Lipinski definition) is 1. The number of carbonyl (C=O) groups is 1. The Kier molecular flexibility index (Phi) is 3.20. The Labute approximate surface area is 85.1 Å². The highest BCUT2D eigenvalue weighted by molar-refractivity contribution is 9.10. The maximum atomic E-state index is 13.4. The monoisotopic (exact) mass is 244 g/mol. The van der Waals surface area contributed by atoms with Crippen LogP contribution in [0.3, 0.4) is 0 Å². The number of aryl methyl sites for hydroxylation is 1. The molecule has 0 radical (unpaired) electrons. The summed E-state index contributed by atoms with van der Waals surface area (Å²) in [6.45, 7) is 3.26. The standard InChI is InChI=1S/C10H10BrFO/c1-6-3-4-9(11)10(12)8(6)5-7(2)13/h3-4H,5H2,1-2H3. The average Bonchev–Trinajstić information content (AvgIpc) is 2.05. The third-order valence-electron chi connectivity index (χ3n) is 1.86. The lowest BCUT2D eigenvalue weighted by Gasteiger charge is -2.06. The first-order valence-corrected chi connectivity index (χ1v) is 4.74. The van der Waals surface area contributed by atoms with Gasteiger partial charge in [-0.2, -0.15) is 0 Å². The van der Waals surface area contributed by atoms with Crippen molar-refractivity contribution in [1.82, 2.24) is 0 Å². The molecule has 70 valence electrons. The second kappa shape index (κ2) is 4.01. The molecule has 0 heterocycles. The fourth-order valence-corrected chi connectivity index (χ4v) is 1.53. The molecule has 1 aromatic carbocycles. The van der Waals surface area contributed by atoms with Crippen LogP contribution in [0.15, 0.2) is 16.6 Å². The Balaban J connectivity index is 3.17. The molecular weight excluding hydrogens is 235 g/mol. The Morgan fingerprint density at radius 1 is 1.54 bits per heavy atom. The van der Waals surface area contributed by atoms with E-state index in [0.717, 1.165) is 5.56 Å². The van der Waals surface area contributed by atoms with E-state index in [9.17, 15) is 9.18 Å². The molecule has 0 atom stereocenters. The van der Waals surface area contributed by atoms with Gasteiger partial charge in [-0.3, -0.25) is 4.79 Å². The highest BCUT2D eigenvalue weighted by Gasteiger charge is 2.10. The molecule has 1 rings (SSSR count). The van der Waals surface area contributed by atoms with E-state index in [1.165, 1.54) is 6.92 Å². The summed E-state index contributed by atoms with van der Waals surface area (Å²) in [4.78, 5) is 10.8. The van der Waals surface area contributed by atoms with Gasteiger partial charge in [0.15, 0.2) is 0 Å². The second-order valence-corrected chi connectivity index (χ2v) is 3.89. The molecule has 0 fully saturated rings. The van der Waals surface area contributed by atoms with Crippen LogP contribution in [0, 0.1) is 12.7 Å². The number of benzene rings is 1. The van der Waals surface area contributed by atoms with Crippen LogP contribution in [0.4, 0.5) is 4.39 Å². The quantitative estimate of drug-likeness (QED) is 0.782. The lowest BCUT2D eigenvalue weighted by atomic mass is 10.0. The van der Waals surface area contributed by atoms with Crippen LogP contribution in [0.5, 0.6) is 0 Å². The van der Waals surface area contributed by atoms with Gasteiger partial charge in [0.2, 0.25) is 0 Å². The maximum Gasteiger partial charge on any atom is 0.141 e. The normalized spacial score (nSPS) is 10.2. The molecule has 0 aliphatic rings. The second-order valence-electron chi connectivity index (χ2n) is 3.04. The van der Waals surface area contributed by atoms with Crippen molar-refractivity contribution in [3.8, 4) is 0 Å². The summed E-state index contributed by atoms with van der Waals surface area (Å²) in [6, 6.07) is 3.44. The van der Waals surface area contributed by atoms with E-state index in [-0.39, 0.29) is 18.0 Å². The lowest BCUT2D eigenvalue weighted by Crippen LogP contribution is -2.02. The van der Waals surface area contributed by atoms with Gasteiger partial charge in [-0.25, -0.2) is 4.39 Å². The molecule has 0 aliphatic heterocycles. The van der Waals surface area contributed by atoms with E-state index in [1.807, 2.05) is 0 Å². The van der Waals surface area contributed by atoms with Crippen molar-refractivity contribution in [3.63, 3.8) is 0 Å². The van der Waals surface area contributed by atoms with E-state index in [2.05, 4.69) is 15.9 Å². The minimum absolute atomic E-state index is 0.0277. The summed E-state index contributed by atoms with van der Waals surface area (Å²) in [5.41, 5.74) is 1.30.